The molecule has 29 heavy (non-hydrogen) atoms. The van der Waals surface area contributed by atoms with Crippen molar-refractivity contribution in [3.63, 3.8) is 0 Å². The van der Waals surface area contributed by atoms with Crippen molar-refractivity contribution < 1.29 is 4.39 Å². The van der Waals surface area contributed by atoms with E-state index in [-0.39, 0.29) is 18.8 Å². The van der Waals surface area contributed by atoms with Crippen LogP contribution in [0.2, 0.25) is 0 Å². The molecule has 4 rings (SSSR count). The van der Waals surface area contributed by atoms with Gasteiger partial charge in [0.1, 0.15) is 5.82 Å². The summed E-state index contributed by atoms with van der Waals surface area (Å²) in [4.78, 5) is 26.1. The zero-order valence-electron chi connectivity index (χ0n) is 15.5. The summed E-state index contributed by atoms with van der Waals surface area (Å²) in [6, 6.07) is 24.2. The number of halogens is 1. The van der Waals surface area contributed by atoms with Crippen LogP contribution in [0.15, 0.2) is 94.5 Å². The number of hydrogen-bond acceptors (Lipinski definition) is 3. The molecule has 0 aliphatic heterocycles. The minimum Gasteiger partial charge on any atom is -0.267 e. The van der Waals surface area contributed by atoms with Crippen LogP contribution in [0.25, 0.3) is 11.3 Å². The van der Waals surface area contributed by atoms with E-state index in [1.165, 1.54) is 33.5 Å². The van der Waals surface area contributed by atoms with Crippen LogP contribution in [0.4, 0.5) is 4.39 Å². The van der Waals surface area contributed by atoms with Crippen LogP contribution in [0.5, 0.6) is 0 Å². The van der Waals surface area contributed by atoms with E-state index in [1.807, 2.05) is 60.7 Å². The van der Waals surface area contributed by atoms with Gasteiger partial charge in [-0.1, -0.05) is 60.7 Å². The van der Waals surface area contributed by atoms with E-state index < -0.39 is 17.1 Å². The van der Waals surface area contributed by atoms with Gasteiger partial charge in [-0.05, 0) is 35.4 Å². The second-order valence-electron chi connectivity index (χ2n) is 6.66. The van der Waals surface area contributed by atoms with Crippen molar-refractivity contribution in [1.29, 1.82) is 0 Å². The number of rotatable bonds is 5. The van der Waals surface area contributed by atoms with Gasteiger partial charge in [-0.15, -0.1) is 0 Å². The molecule has 1 heterocycles. The summed E-state index contributed by atoms with van der Waals surface area (Å²) in [7, 11) is 0. The molecule has 0 fully saturated rings. The lowest BCUT2D eigenvalue weighted by Gasteiger charge is -2.12. The molecule has 0 aliphatic rings. The van der Waals surface area contributed by atoms with Crippen molar-refractivity contribution >= 4 is 0 Å². The molecular weight excluding hydrogens is 369 g/mol. The van der Waals surface area contributed by atoms with Gasteiger partial charge in [-0.3, -0.25) is 9.36 Å². The van der Waals surface area contributed by atoms with Gasteiger partial charge in [0.15, 0.2) is 5.69 Å². The van der Waals surface area contributed by atoms with Gasteiger partial charge >= 0.3 is 5.69 Å². The van der Waals surface area contributed by atoms with Crippen molar-refractivity contribution in [2.75, 3.05) is 0 Å². The van der Waals surface area contributed by atoms with Gasteiger partial charge in [0.05, 0.1) is 13.1 Å². The standard InChI is InChI=1S/C23H18FN3O2/c24-20-13-11-19(12-14-20)21-22(28)26(15-17-7-3-1-4-8-17)23(29)27(25-21)16-18-9-5-2-6-10-18/h1-14H,15-16H2. The molecule has 0 saturated carbocycles. The van der Waals surface area contributed by atoms with Gasteiger partial charge in [-0.2, -0.15) is 5.10 Å². The van der Waals surface area contributed by atoms with Gasteiger partial charge in [0, 0.05) is 5.56 Å². The Kier molecular flexibility index (Phi) is 5.16. The third-order valence-corrected chi connectivity index (χ3v) is 4.60. The Morgan fingerprint density at radius 2 is 1.28 bits per heavy atom. The Bertz CT molecular complexity index is 1230. The Labute approximate surface area is 166 Å². The largest absolute Gasteiger partial charge is 0.348 e. The number of aromatic nitrogens is 3. The van der Waals surface area contributed by atoms with E-state index in [0.717, 1.165) is 11.1 Å². The lowest BCUT2D eigenvalue weighted by molar-refractivity contribution is 0.545. The highest BCUT2D eigenvalue weighted by atomic mass is 19.1. The Balaban J connectivity index is 1.87. The van der Waals surface area contributed by atoms with Gasteiger partial charge < -0.3 is 0 Å². The molecule has 144 valence electrons. The molecular formula is C23H18FN3O2. The van der Waals surface area contributed by atoms with Crippen molar-refractivity contribution in [2.45, 2.75) is 13.1 Å². The molecule has 0 aliphatic carbocycles. The monoisotopic (exact) mass is 387 g/mol. The molecule has 0 atom stereocenters. The highest BCUT2D eigenvalue weighted by molar-refractivity contribution is 5.57. The highest BCUT2D eigenvalue weighted by Crippen LogP contribution is 2.13. The zero-order chi connectivity index (χ0) is 20.2. The topological polar surface area (TPSA) is 56.9 Å². The SMILES string of the molecule is O=c1c(-c2ccc(F)cc2)nn(Cc2ccccc2)c(=O)n1Cc1ccccc1. The van der Waals surface area contributed by atoms with E-state index in [4.69, 9.17) is 0 Å². The molecule has 0 saturated heterocycles. The quantitative estimate of drug-likeness (QED) is 0.528. The van der Waals surface area contributed by atoms with Crippen molar-refractivity contribution in [3.05, 3.63) is 123 Å². The second-order valence-corrected chi connectivity index (χ2v) is 6.66. The molecule has 4 aromatic rings. The Morgan fingerprint density at radius 3 is 1.86 bits per heavy atom. The summed E-state index contributed by atoms with van der Waals surface area (Å²) in [6.45, 7) is 0.354. The molecule has 3 aromatic carbocycles. The zero-order valence-corrected chi connectivity index (χ0v) is 15.5. The maximum atomic E-state index is 13.3. The molecule has 6 heteroatoms. The number of hydrogen-bond donors (Lipinski definition) is 0. The summed E-state index contributed by atoms with van der Waals surface area (Å²) >= 11 is 0. The van der Waals surface area contributed by atoms with Gasteiger partial charge in [-0.25, -0.2) is 13.9 Å². The fourth-order valence-corrected chi connectivity index (χ4v) is 3.11. The first kappa shape index (κ1) is 18.6. The van der Waals surface area contributed by atoms with Crippen LogP contribution < -0.4 is 11.2 Å². The Morgan fingerprint density at radius 1 is 0.724 bits per heavy atom. The predicted octanol–water partition coefficient (Wildman–Crippen LogP) is 3.31. The summed E-state index contributed by atoms with van der Waals surface area (Å²) < 4.78 is 15.8. The molecule has 0 radical (unpaired) electrons. The first-order chi connectivity index (χ1) is 14.1. The van der Waals surface area contributed by atoms with E-state index in [9.17, 15) is 14.0 Å². The smallest absolute Gasteiger partial charge is 0.267 e. The molecule has 0 bridgehead atoms. The third-order valence-electron chi connectivity index (χ3n) is 4.60. The first-order valence-corrected chi connectivity index (χ1v) is 9.17. The third kappa shape index (κ3) is 4.06. The van der Waals surface area contributed by atoms with Crippen LogP contribution in [0.3, 0.4) is 0 Å². The van der Waals surface area contributed by atoms with Crippen molar-refractivity contribution in [1.82, 2.24) is 14.3 Å². The Hall–Kier alpha value is -3.80. The average molecular weight is 387 g/mol. The fraction of sp³-hybridized carbons (Fsp3) is 0.0870. The summed E-state index contributed by atoms with van der Waals surface area (Å²) in [5, 5.41) is 4.32. The van der Waals surface area contributed by atoms with Crippen LogP contribution in [-0.4, -0.2) is 14.3 Å². The number of nitrogens with zero attached hydrogens (tertiary/aromatic N) is 3. The minimum atomic E-state index is -0.505. The van der Waals surface area contributed by atoms with Gasteiger partial charge in [0.25, 0.3) is 5.56 Å². The van der Waals surface area contributed by atoms with E-state index in [2.05, 4.69) is 5.10 Å². The maximum absolute atomic E-state index is 13.3. The van der Waals surface area contributed by atoms with E-state index in [1.54, 1.807) is 0 Å². The average Bonchev–Trinajstić information content (AvgIpc) is 2.75. The minimum absolute atomic E-state index is 0.108. The van der Waals surface area contributed by atoms with Gasteiger partial charge in [0.2, 0.25) is 0 Å². The molecule has 0 spiro atoms. The van der Waals surface area contributed by atoms with Crippen molar-refractivity contribution in [3.8, 4) is 11.3 Å². The molecule has 1 aromatic heterocycles. The summed E-state index contributed by atoms with van der Waals surface area (Å²) in [5.41, 5.74) is 1.28. The van der Waals surface area contributed by atoms with Crippen LogP contribution >= 0.6 is 0 Å². The molecule has 0 amide bonds. The van der Waals surface area contributed by atoms with Crippen LogP contribution in [0.1, 0.15) is 11.1 Å². The van der Waals surface area contributed by atoms with Crippen LogP contribution in [0, 0.1) is 5.82 Å². The highest BCUT2D eigenvalue weighted by Gasteiger charge is 2.15. The first-order valence-electron chi connectivity index (χ1n) is 9.17. The summed E-state index contributed by atoms with van der Waals surface area (Å²) in [5.74, 6) is -0.407. The fourth-order valence-electron chi connectivity index (χ4n) is 3.11. The van der Waals surface area contributed by atoms with Crippen LogP contribution in [-0.2, 0) is 13.1 Å². The molecule has 5 nitrogen and oxygen atoms in total. The van der Waals surface area contributed by atoms with E-state index >= 15 is 0 Å². The molecule has 0 N–H and O–H groups in total. The van der Waals surface area contributed by atoms with E-state index in [0.29, 0.717) is 5.56 Å². The normalized spacial score (nSPS) is 10.8. The number of benzene rings is 3. The maximum Gasteiger partial charge on any atom is 0.348 e. The summed E-state index contributed by atoms with van der Waals surface area (Å²) in [6.07, 6.45) is 0. The second kappa shape index (κ2) is 8.06. The van der Waals surface area contributed by atoms with Crippen molar-refractivity contribution in [2.24, 2.45) is 0 Å². The molecule has 0 unspecified atom stereocenters. The lowest BCUT2D eigenvalue weighted by Crippen LogP contribution is -2.42. The predicted molar refractivity (Wildman–Crippen MR) is 109 cm³/mol. The lowest BCUT2D eigenvalue weighted by atomic mass is 10.1.